The summed E-state index contributed by atoms with van der Waals surface area (Å²) in [5, 5.41) is 5.44. The number of nitrogens with zero attached hydrogens (tertiary/aromatic N) is 1. The summed E-state index contributed by atoms with van der Waals surface area (Å²) >= 11 is 0. The van der Waals surface area contributed by atoms with Gasteiger partial charge >= 0.3 is 0 Å². The topological polar surface area (TPSA) is 49.4 Å². The molecule has 0 aromatic heterocycles. The van der Waals surface area contributed by atoms with Crippen LogP contribution in [0, 0.1) is 0 Å². The third kappa shape index (κ3) is 2.56. The first-order valence-corrected chi connectivity index (χ1v) is 9.40. The molecule has 0 aliphatic carbocycles. The molecule has 3 aromatic carbocycles. The average Bonchev–Trinajstić information content (AvgIpc) is 2.73. The molecule has 1 aliphatic rings. The lowest BCUT2D eigenvalue weighted by molar-refractivity contribution is 0.423. The maximum absolute atomic E-state index is 13.1. The molecular formula is C19H18N2O2S. The molecule has 1 aliphatic heterocycles. The lowest BCUT2D eigenvalue weighted by Gasteiger charge is -2.20. The van der Waals surface area contributed by atoms with Crippen molar-refractivity contribution in [1.29, 1.82) is 0 Å². The van der Waals surface area contributed by atoms with Gasteiger partial charge in [-0.1, -0.05) is 54.6 Å². The minimum absolute atomic E-state index is 0.350. The Balaban J connectivity index is 1.77. The van der Waals surface area contributed by atoms with Crippen LogP contribution < -0.4 is 5.32 Å². The van der Waals surface area contributed by atoms with Crippen LogP contribution in [0.5, 0.6) is 0 Å². The number of hydrogen-bond donors (Lipinski definition) is 1. The Morgan fingerprint density at radius 2 is 1.67 bits per heavy atom. The van der Waals surface area contributed by atoms with Gasteiger partial charge < -0.3 is 5.32 Å². The maximum Gasteiger partial charge on any atom is 0.245 e. The first kappa shape index (κ1) is 15.2. The van der Waals surface area contributed by atoms with Gasteiger partial charge in [-0.3, -0.25) is 0 Å². The molecule has 122 valence electrons. The van der Waals surface area contributed by atoms with Crippen LogP contribution in [0.3, 0.4) is 0 Å². The van der Waals surface area contributed by atoms with E-state index in [2.05, 4.69) is 5.32 Å². The number of nitrogens with one attached hydrogen (secondary N) is 1. The van der Waals surface area contributed by atoms with Crippen LogP contribution in [0.25, 0.3) is 10.8 Å². The zero-order valence-corrected chi connectivity index (χ0v) is 14.0. The molecule has 0 fully saturated rings. The van der Waals surface area contributed by atoms with E-state index < -0.39 is 10.0 Å². The Morgan fingerprint density at radius 1 is 0.917 bits per heavy atom. The fourth-order valence-electron chi connectivity index (χ4n) is 3.20. The van der Waals surface area contributed by atoms with E-state index in [1.807, 2.05) is 54.6 Å². The first-order chi connectivity index (χ1) is 11.7. The van der Waals surface area contributed by atoms with Gasteiger partial charge in [0, 0.05) is 19.6 Å². The van der Waals surface area contributed by atoms with Gasteiger partial charge in [0.1, 0.15) is 4.90 Å². The number of fused-ring (bicyclic) bond motifs is 2. The number of sulfonamides is 1. The molecule has 1 heterocycles. The normalized spacial score (nSPS) is 17.0. The van der Waals surface area contributed by atoms with Crippen molar-refractivity contribution in [3.05, 3.63) is 72.3 Å². The Kier molecular flexibility index (Phi) is 3.75. The summed E-state index contributed by atoms with van der Waals surface area (Å²) in [5.41, 5.74) is 1.70. The van der Waals surface area contributed by atoms with Gasteiger partial charge in [0.15, 0.2) is 0 Å². The fourth-order valence-corrected chi connectivity index (χ4v) is 4.78. The van der Waals surface area contributed by atoms with E-state index in [1.165, 1.54) is 0 Å². The second kappa shape index (κ2) is 5.92. The van der Waals surface area contributed by atoms with Crippen molar-refractivity contribution < 1.29 is 8.42 Å². The summed E-state index contributed by atoms with van der Waals surface area (Å²) in [5.74, 6) is 0. The molecular weight excluding hydrogens is 320 g/mol. The molecule has 0 amide bonds. The van der Waals surface area contributed by atoms with Crippen molar-refractivity contribution in [2.45, 2.75) is 11.4 Å². The SMILES string of the molecule is O=S1(=O)c2ccccc2NCCN1Cc1cccc2ccccc12. The van der Waals surface area contributed by atoms with Crippen LogP contribution in [-0.2, 0) is 16.6 Å². The van der Waals surface area contributed by atoms with Crippen molar-refractivity contribution in [3.63, 3.8) is 0 Å². The van der Waals surface area contributed by atoms with Gasteiger partial charge in [0.2, 0.25) is 10.0 Å². The molecule has 1 N–H and O–H groups in total. The monoisotopic (exact) mass is 338 g/mol. The van der Waals surface area contributed by atoms with Crippen LogP contribution in [0.2, 0.25) is 0 Å². The zero-order valence-electron chi connectivity index (χ0n) is 13.1. The Hall–Kier alpha value is -2.37. The highest BCUT2D eigenvalue weighted by molar-refractivity contribution is 7.89. The Bertz CT molecular complexity index is 994. The molecule has 0 radical (unpaired) electrons. The summed E-state index contributed by atoms with van der Waals surface area (Å²) in [6.45, 7) is 1.42. The largest absolute Gasteiger partial charge is 0.383 e. The van der Waals surface area contributed by atoms with Crippen LogP contribution in [0.4, 0.5) is 5.69 Å². The minimum Gasteiger partial charge on any atom is -0.383 e. The van der Waals surface area contributed by atoms with E-state index in [4.69, 9.17) is 0 Å². The smallest absolute Gasteiger partial charge is 0.245 e. The van der Waals surface area contributed by atoms with E-state index in [1.54, 1.807) is 16.4 Å². The predicted molar refractivity (Wildman–Crippen MR) is 96.5 cm³/mol. The van der Waals surface area contributed by atoms with Crippen LogP contribution in [0.1, 0.15) is 5.56 Å². The standard InChI is InChI=1S/C19H18N2O2S/c22-24(23)19-11-4-3-10-18(19)20-12-13-21(24)14-16-8-5-7-15-6-1-2-9-17(15)16/h1-11,20H,12-14H2. The number of hydrogen-bond acceptors (Lipinski definition) is 3. The molecule has 4 rings (SSSR count). The zero-order chi connectivity index (χ0) is 16.6. The summed E-state index contributed by atoms with van der Waals surface area (Å²) < 4.78 is 27.7. The van der Waals surface area contributed by atoms with Crippen molar-refractivity contribution in [2.24, 2.45) is 0 Å². The van der Waals surface area contributed by atoms with Crippen LogP contribution >= 0.6 is 0 Å². The van der Waals surface area contributed by atoms with E-state index >= 15 is 0 Å². The predicted octanol–water partition coefficient (Wildman–Crippen LogP) is 3.46. The number of anilines is 1. The average molecular weight is 338 g/mol. The first-order valence-electron chi connectivity index (χ1n) is 7.96. The molecule has 0 unspecified atom stereocenters. The Morgan fingerprint density at radius 3 is 2.58 bits per heavy atom. The molecule has 24 heavy (non-hydrogen) atoms. The lowest BCUT2D eigenvalue weighted by atomic mass is 10.0. The van der Waals surface area contributed by atoms with Crippen molar-refractivity contribution in [2.75, 3.05) is 18.4 Å². The summed E-state index contributed by atoms with van der Waals surface area (Å²) in [6.07, 6.45) is 0. The Labute approximate surface area is 141 Å². The van der Waals surface area contributed by atoms with E-state index in [0.717, 1.165) is 16.3 Å². The molecule has 4 nitrogen and oxygen atoms in total. The van der Waals surface area contributed by atoms with E-state index in [0.29, 0.717) is 30.2 Å². The van der Waals surface area contributed by atoms with Gasteiger partial charge in [0.05, 0.1) is 5.69 Å². The van der Waals surface area contributed by atoms with Crippen molar-refractivity contribution in [1.82, 2.24) is 4.31 Å². The third-order valence-electron chi connectivity index (χ3n) is 4.41. The van der Waals surface area contributed by atoms with Gasteiger partial charge in [-0.2, -0.15) is 4.31 Å². The highest BCUT2D eigenvalue weighted by Gasteiger charge is 2.29. The van der Waals surface area contributed by atoms with Crippen LogP contribution in [-0.4, -0.2) is 25.8 Å². The highest BCUT2D eigenvalue weighted by Crippen LogP contribution is 2.29. The second-order valence-electron chi connectivity index (χ2n) is 5.90. The highest BCUT2D eigenvalue weighted by atomic mass is 32.2. The molecule has 0 spiro atoms. The molecule has 0 saturated carbocycles. The molecule has 0 bridgehead atoms. The van der Waals surface area contributed by atoms with Crippen LogP contribution in [0.15, 0.2) is 71.6 Å². The quantitative estimate of drug-likeness (QED) is 0.778. The van der Waals surface area contributed by atoms with Crippen molar-refractivity contribution in [3.8, 4) is 0 Å². The fraction of sp³-hybridized carbons (Fsp3) is 0.158. The van der Waals surface area contributed by atoms with Gasteiger partial charge in [0.25, 0.3) is 0 Å². The number of benzene rings is 3. The molecule has 5 heteroatoms. The summed E-state index contributed by atoms with van der Waals surface area (Å²) in [6, 6.07) is 21.2. The van der Waals surface area contributed by atoms with Crippen molar-refractivity contribution >= 4 is 26.5 Å². The summed E-state index contributed by atoms with van der Waals surface area (Å²) in [4.78, 5) is 0.350. The van der Waals surface area contributed by atoms with E-state index in [-0.39, 0.29) is 0 Å². The van der Waals surface area contributed by atoms with Gasteiger partial charge in [-0.25, -0.2) is 8.42 Å². The molecule has 0 atom stereocenters. The third-order valence-corrected chi connectivity index (χ3v) is 6.31. The second-order valence-corrected chi connectivity index (χ2v) is 7.81. The van der Waals surface area contributed by atoms with Gasteiger partial charge in [-0.15, -0.1) is 0 Å². The summed E-state index contributed by atoms with van der Waals surface area (Å²) in [7, 11) is -3.52. The maximum atomic E-state index is 13.1. The number of para-hydroxylation sites is 1. The van der Waals surface area contributed by atoms with Gasteiger partial charge in [-0.05, 0) is 28.5 Å². The van der Waals surface area contributed by atoms with E-state index in [9.17, 15) is 8.42 Å². The minimum atomic E-state index is -3.52. The molecule has 3 aromatic rings. The lowest BCUT2D eigenvalue weighted by Crippen LogP contribution is -2.32. The molecule has 0 saturated heterocycles. The number of rotatable bonds is 2.